The van der Waals surface area contributed by atoms with E-state index in [1.54, 1.807) is 0 Å². The first-order chi connectivity index (χ1) is 8.81. The second kappa shape index (κ2) is 5.41. The maximum atomic E-state index is 5.83. The van der Waals surface area contributed by atoms with Crippen LogP contribution >= 0.6 is 0 Å². The molecule has 0 atom stereocenters. The van der Waals surface area contributed by atoms with Crippen LogP contribution in [0.1, 0.15) is 50.0 Å². The normalized spacial score (nSPS) is 36.1. The first kappa shape index (κ1) is 12.2. The van der Waals surface area contributed by atoms with Gasteiger partial charge in [-0.2, -0.15) is 0 Å². The van der Waals surface area contributed by atoms with Crippen molar-refractivity contribution in [2.75, 3.05) is 0 Å². The van der Waals surface area contributed by atoms with E-state index in [-0.39, 0.29) is 0 Å². The molecule has 0 unspecified atom stereocenters. The van der Waals surface area contributed by atoms with E-state index in [4.69, 9.17) is 5.73 Å². The van der Waals surface area contributed by atoms with Crippen LogP contribution in [0.3, 0.4) is 0 Å². The second-order valence-electron chi connectivity index (χ2n) is 6.05. The fourth-order valence-corrected chi connectivity index (χ4v) is 3.45. The molecule has 2 saturated carbocycles. The van der Waals surface area contributed by atoms with Gasteiger partial charge in [0.1, 0.15) is 0 Å². The molecule has 0 aromatic heterocycles. The first-order valence-electron chi connectivity index (χ1n) is 7.38. The van der Waals surface area contributed by atoms with Crippen molar-refractivity contribution in [3.05, 3.63) is 35.9 Å². The standard InChI is InChI=1S/C16H24N2/c17-14-10-16(11-14)18-15-8-6-13(7-9-15)12-4-2-1-3-5-12/h1-5,13-16,18H,6-11,17H2. The van der Waals surface area contributed by atoms with E-state index in [2.05, 4.69) is 35.6 Å². The van der Waals surface area contributed by atoms with Gasteiger partial charge >= 0.3 is 0 Å². The Labute approximate surface area is 110 Å². The van der Waals surface area contributed by atoms with Crippen LogP contribution in [-0.2, 0) is 0 Å². The van der Waals surface area contributed by atoms with Gasteiger partial charge in [-0.15, -0.1) is 0 Å². The SMILES string of the molecule is NC1CC(NC2CCC(c3ccccc3)CC2)C1. The molecular formula is C16H24N2. The largest absolute Gasteiger partial charge is 0.328 e. The quantitative estimate of drug-likeness (QED) is 0.858. The van der Waals surface area contributed by atoms with Crippen molar-refractivity contribution in [1.82, 2.24) is 5.32 Å². The van der Waals surface area contributed by atoms with E-state index in [0.29, 0.717) is 12.1 Å². The lowest BCUT2D eigenvalue weighted by Crippen LogP contribution is -2.52. The van der Waals surface area contributed by atoms with Crippen LogP contribution in [0.25, 0.3) is 0 Å². The first-order valence-corrected chi connectivity index (χ1v) is 7.38. The van der Waals surface area contributed by atoms with Gasteiger partial charge in [-0.05, 0) is 50.0 Å². The molecule has 0 bridgehead atoms. The second-order valence-corrected chi connectivity index (χ2v) is 6.05. The van der Waals surface area contributed by atoms with E-state index in [1.165, 1.54) is 44.1 Å². The van der Waals surface area contributed by atoms with Crippen molar-refractivity contribution in [3.8, 4) is 0 Å². The summed E-state index contributed by atoms with van der Waals surface area (Å²) in [7, 11) is 0. The van der Waals surface area contributed by atoms with E-state index >= 15 is 0 Å². The molecule has 3 rings (SSSR count). The van der Waals surface area contributed by atoms with Crippen molar-refractivity contribution in [2.24, 2.45) is 5.73 Å². The molecule has 0 aliphatic heterocycles. The molecule has 3 N–H and O–H groups in total. The highest BCUT2D eigenvalue weighted by Crippen LogP contribution is 2.33. The van der Waals surface area contributed by atoms with Crippen LogP contribution in [0, 0.1) is 0 Å². The average Bonchev–Trinajstić information content (AvgIpc) is 2.39. The summed E-state index contributed by atoms with van der Waals surface area (Å²) in [6.45, 7) is 0. The van der Waals surface area contributed by atoms with Gasteiger partial charge in [-0.1, -0.05) is 30.3 Å². The van der Waals surface area contributed by atoms with Gasteiger partial charge in [-0.3, -0.25) is 0 Å². The van der Waals surface area contributed by atoms with Gasteiger partial charge in [0.25, 0.3) is 0 Å². The number of hydrogen-bond donors (Lipinski definition) is 2. The van der Waals surface area contributed by atoms with Crippen molar-refractivity contribution in [1.29, 1.82) is 0 Å². The Balaban J connectivity index is 1.46. The van der Waals surface area contributed by atoms with Gasteiger partial charge in [0.2, 0.25) is 0 Å². The molecule has 2 heteroatoms. The third kappa shape index (κ3) is 2.76. The minimum absolute atomic E-state index is 0.461. The van der Waals surface area contributed by atoms with Crippen LogP contribution in [0.2, 0.25) is 0 Å². The molecule has 0 spiro atoms. The minimum Gasteiger partial charge on any atom is -0.328 e. The molecular weight excluding hydrogens is 220 g/mol. The minimum atomic E-state index is 0.461. The molecule has 0 heterocycles. The lowest BCUT2D eigenvalue weighted by Gasteiger charge is -2.38. The molecule has 2 nitrogen and oxygen atoms in total. The average molecular weight is 244 g/mol. The Morgan fingerprint density at radius 1 is 0.889 bits per heavy atom. The molecule has 1 aromatic carbocycles. The monoisotopic (exact) mass is 244 g/mol. The molecule has 2 aliphatic rings. The van der Waals surface area contributed by atoms with Crippen molar-refractivity contribution < 1.29 is 0 Å². The Hall–Kier alpha value is -0.860. The van der Waals surface area contributed by atoms with Crippen LogP contribution in [0.5, 0.6) is 0 Å². The van der Waals surface area contributed by atoms with Gasteiger partial charge in [0.05, 0.1) is 0 Å². The fraction of sp³-hybridized carbons (Fsp3) is 0.625. The van der Waals surface area contributed by atoms with E-state index in [9.17, 15) is 0 Å². The van der Waals surface area contributed by atoms with Crippen LogP contribution in [0.4, 0.5) is 0 Å². The maximum absolute atomic E-state index is 5.83. The summed E-state index contributed by atoms with van der Waals surface area (Å²) >= 11 is 0. The summed E-state index contributed by atoms with van der Waals surface area (Å²) in [5.74, 6) is 0.785. The predicted octanol–water partition coefficient (Wildman–Crippen LogP) is 2.79. The Bertz CT molecular complexity index is 362. The zero-order valence-corrected chi connectivity index (χ0v) is 11.0. The molecule has 0 amide bonds. The molecule has 0 saturated heterocycles. The predicted molar refractivity (Wildman–Crippen MR) is 75.6 cm³/mol. The Morgan fingerprint density at radius 2 is 1.56 bits per heavy atom. The van der Waals surface area contributed by atoms with Crippen molar-refractivity contribution in [2.45, 2.75) is 62.6 Å². The Kier molecular flexibility index (Phi) is 3.67. The highest BCUT2D eigenvalue weighted by molar-refractivity contribution is 5.20. The van der Waals surface area contributed by atoms with Gasteiger partial charge in [0, 0.05) is 18.1 Å². The highest BCUT2D eigenvalue weighted by atomic mass is 15.0. The van der Waals surface area contributed by atoms with Gasteiger partial charge in [0.15, 0.2) is 0 Å². The molecule has 98 valence electrons. The number of benzene rings is 1. The summed E-state index contributed by atoms with van der Waals surface area (Å²) in [6, 6.07) is 12.9. The van der Waals surface area contributed by atoms with Crippen LogP contribution in [0.15, 0.2) is 30.3 Å². The van der Waals surface area contributed by atoms with Crippen molar-refractivity contribution >= 4 is 0 Å². The van der Waals surface area contributed by atoms with Gasteiger partial charge < -0.3 is 11.1 Å². The fourth-order valence-electron chi connectivity index (χ4n) is 3.45. The third-order valence-electron chi connectivity index (χ3n) is 4.64. The van der Waals surface area contributed by atoms with Crippen LogP contribution < -0.4 is 11.1 Å². The lowest BCUT2D eigenvalue weighted by molar-refractivity contribution is 0.233. The third-order valence-corrected chi connectivity index (χ3v) is 4.64. The summed E-state index contributed by atoms with van der Waals surface area (Å²) in [6.07, 6.45) is 7.68. The number of nitrogens with one attached hydrogen (secondary N) is 1. The zero-order valence-electron chi connectivity index (χ0n) is 11.0. The summed E-state index contributed by atoms with van der Waals surface area (Å²) < 4.78 is 0. The topological polar surface area (TPSA) is 38.0 Å². The molecule has 0 radical (unpaired) electrons. The summed E-state index contributed by atoms with van der Waals surface area (Å²) in [5.41, 5.74) is 7.36. The van der Waals surface area contributed by atoms with Gasteiger partial charge in [-0.25, -0.2) is 0 Å². The van der Waals surface area contributed by atoms with Crippen molar-refractivity contribution in [3.63, 3.8) is 0 Å². The van der Waals surface area contributed by atoms with Crippen LogP contribution in [-0.4, -0.2) is 18.1 Å². The molecule has 1 aromatic rings. The summed E-state index contributed by atoms with van der Waals surface area (Å²) in [4.78, 5) is 0. The van der Waals surface area contributed by atoms with E-state index in [0.717, 1.165) is 12.0 Å². The number of rotatable bonds is 3. The zero-order chi connectivity index (χ0) is 12.4. The number of hydrogen-bond acceptors (Lipinski definition) is 2. The van der Waals surface area contributed by atoms with E-state index < -0.39 is 0 Å². The molecule has 2 fully saturated rings. The van der Waals surface area contributed by atoms with E-state index in [1.807, 2.05) is 0 Å². The lowest BCUT2D eigenvalue weighted by atomic mass is 9.80. The molecule has 2 aliphatic carbocycles. The smallest absolute Gasteiger partial charge is 0.00991 e. The summed E-state index contributed by atoms with van der Waals surface area (Å²) in [5, 5.41) is 3.78. The highest BCUT2D eigenvalue weighted by Gasteiger charge is 2.29. The maximum Gasteiger partial charge on any atom is 0.00991 e. The number of nitrogens with two attached hydrogens (primary N) is 1. The Morgan fingerprint density at radius 3 is 2.17 bits per heavy atom. The molecule has 18 heavy (non-hydrogen) atoms.